The van der Waals surface area contributed by atoms with E-state index in [4.69, 9.17) is 13.8 Å². The lowest BCUT2D eigenvalue weighted by molar-refractivity contribution is 0.661. The summed E-state index contributed by atoms with van der Waals surface area (Å²) < 4.78 is 18.4. The highest BCUT2D eigenvalue weighted by Crippen LogP contribution is 2.64. The zero-order chi connectivity index (χ0) is 81.7. The Morgan fingerprint density at radius 1 is 0.202 bits per heavy atom. The zero-order valence-corrected chi connectivity index (χ0v) is 69.9. The molecule has 0 atom stereocenters. The third kappa shape index (κ3) is 9.68. The number of benzene rings is 19. The molecule has 578 valence electrons. The van der Waals surface area contributed by atoms with Gasteiger partial charge in [0.2, 0.25) is 0 Å². The molecule has 0 saturated heterocycles. The number of thiophene rings is 2. The molecule has 0 radical (unpaired) electrons. The molecular weight excluding hydrogens is 1540 g/mol. The molecule has 124 heavy (non-hydrogen) atoms. The monoisotopic (exact) mass is 1610 g/mol. The Labute approximate surface area is 723 Å². The molecule has 3 nitrogen and oxygen atoms in total. The van der Waals surface area contributed by atoms with Gasteiger partial charge in [-0.3, -0.25) is 0 Å². The van der Waals surface area contributed by atoms with Gasteiger partial charge in [-0.15, -0.1) is 22.7 Å². The second kappa shape index (κ2) is 25.9. The zero-order valence-electron chi connectivity index (χ0n) is 68.3. The van der Waals surface area contributed by atoms with Crippen LogP contribution in [-0.2, 0) is 10.8 Å². The number of pyridine rings is 1. The van der Waals surface area contributed by atoms with E-state index in [2.05, 4.69) is 398 Å². The van der Waals surface area contributed by atoms with Gasteiger partial charge in [-0.25, -0.2) is 4.98 Å². The summed E-state index contributed by atoms with van der Waals surface area (Å²) in [5, 5.41) is 18.4. The van der Waals surface area contributed by atoms with E-state index in [1.807, 2.05) is 22.7 Å². The molecule has 5 aromatic heterocycles. The van der Waals surface area contributed by atoms with Crippen molar-refractivity contribution in [2.75, 3.05) is 0 Å². The first-order valence-corrected chi connectivity index (χ1v) is 44.7. The fraction of sp³-hybridized carbons (Fsp3) is 0.0504. The first-order chi connectivity index (χ1) is 61.1. The van der Waals surface area contributed by atoms with Gasteiger partial charge in [0, 0.05) is 94.6 Å². The van der Waals surface area contributed by atoms with Crippen LogP contribution in [0.5, 0.6) is 0 Å². The molecular formula is C119H73NO2S2. The SMILES string of the molecule is CC1(C)c2cc(-c3ccccc3-c3ccccc3-c3ccccc3)cc3c2-c2c1ccc1ccc4oc5cccc-3c5c4c21.CC1(C)c2cccc3c2-c2c1ccc1c(-c4cccc(-c5ccccc5)n4)cc4sc5cccc-3c5c4c21.c1ccc(-c2ccccc2-c2ccccc2-c2ccc3sc4ccc5ccc6oc7cccc8c7c6c5c4c3c2-8)cc1. The molecule has 5 heteroatoms. The molecule has 24 aromatic rings. The molecule has 29 rings (SSSR count). The quantitative estimate of drug-likeness (QED) is 0.152. The van der Waals surface area contributed by atoms with Crippen LogP contribution in [-0.4, -0.2) is 4.98 Å². The Bertz CT molecular complexity index is 8850. The van der Waals surface area contributed by atoms with Gasteiger partial charge in [0.25, 0.3) is 0 Å². The molecule has 0 saturated carbocycles. The molecule has 0 aliphatic heterocycles. The Morgan fingerprint density at radius 3 is 1.29 bits per heavy atom. The lowest BCUT2D eigenvalue weighted by atomic mass is 9.79. The summed E-state index contributed by atoms with van der Waals surface area (Å²) in [5.41, 5.74) is 42.1. The highest BCUT2D eigenvalue weighted by molar-refractivity contribution is 7.26. The summed E-state index contributed by atoms with van der Waals surface area (Å²) in [6.07, 6.45) is 0. The van der Waals surface area contributed by atoms with Gasteiger partial charge in [0.15, 0.2) is 0 Å². The summed E-state index contributed by atoms with van der Waals surface area (Å²) in [6.45, 7) is 9.56. The molecule has 0 bridgehead atoms. The van der Waals surface area contributed by atoms with Gasteiger partial charge in [0.1, 0.15) is 22.3 Å². The van der Waals surface area contributed by atoms with Crippen molar-refractivity contribution in [3.63, 3.8) is 0 Å². The van der Waals surface area contributed by atoms with Crippen LogP contribution in [0, 0.1) is 0 Å². The van der Waals surface area contributed by atoms with Crippen molar-refractivity contribution in [3.8, 4) is 145 Å². The van der Waals surface area contributed by atoms with E-state index >= 15 is 0 Å². The van der Waals surface area contributed by atoms with Gasteiger partial charge in [0.05, 0.1) is 11.4 Å². The fourth-order valence-electron chi connectivity index (χ4n) is 22.6. The van der Waals surface area contributed by atoms with Crippen molar-refractivity contribution in [3.05, 3.63) is 392 Å². The van der Waals surface area contributed by atoms with Crippen LogP contribution in [0.15, 0.2) is 379 Å². The summed E-state index contributed by atoms with van der Waals surface area (Å²) >= 11 is 3.81. The number of aromatic nitrogens is 1. The van der Waals surface area contributed by atoms with Crippen LogP contribution in [0.4, 0.5) is 0 Å². The smallest absolute Gasteiger partial charge is 0.136 e. The first kappa shape index (κ1) is 69.9. The minimum Gasteiger partial charge on any atom is -0.456 e. The number of hydrogen-bond donors (Lipinski definition) is 0. The lowest BCUT2D eigenvalue weighted by Crippen LogP contribution is -2.15. The predicted molar refractivity (Wildman–Crippen MR) is 526 cm³/mol. The van der Waals surface area contributed by atoms with E-state index in [1.165, 1.54) is 244 Å². The topological polar surface area (TPSA) is 39.2 Å². The number of hydrogen-bond acceptors (Lipinski definition) is 5. The van der Waals surface area contributed by atoms with Gasteiger partial charge in [-0.05, 0) is 239 Å². The molecule has 5 aliphatic carbocycles. The highest BCUT2D eigenvalue weighted by atomic mass is 32.1. The number of rotatable bonds is 8. The van der Waals surface area contributed by atoms with E-state index in [9.17, 15) is 0 Å². The molecule has 5 aliphatic rings. The molecule has 0 fully saturated rings. The van der Waals surface area contributed by atoms with Crippen LogP contribution in [0.25, 0.3) is 261 Å². The van der Waals surface area contributed by atoms with Gasteiger partial charge in [-0.1, -0.05) is 325 Å². The normalized spacial score (nSPS) is 13.5. The minimum atomic E-state index is -0.141. The maximum absolute atomic E-state index is 6.50. The van der Waals surface area contributed by atoms with Crippen molar-refractivity contribution in [1.82, 2.24) is 4.98 Å². The van der Waals surface area contributed by atoms with Crippen molar-refractivity contribution < 1.29 is 8.83 Å². The van der Waals surface area contributed by atoms with Crippen LogP contribution in [0.1, 0.15) is 49.9 Å². The van der Waals surface area contributed by atoms with E-state index in [-0.39, 0.29) is 10.8 Å². The van der Waals surface area contributed by atoms with Gasteiger partial charge < -0.3 is 8.83 Å². The van der Waals surface area contributed by atoms with Crippen molar-refractivity contribution in [2.45, 2.75) is 38.5 Å². The van der Waals surface area contributed by atoms with Gasteiger partial charge >= 0.3 is 0 Å². The standard InChI is InChI=1S/C43H28O.C40H22OS.C36H23NS/c1-43(2)34-21-19-26-20-22-37-42-38(26)41(34)39-33(32-17-10-18-36(44-37)40(32)42)23-27(24-35(39)43)29-14-7-9-16-31(29)30-15-8-6-13-28(30)25-11-4-3-5-12-25;1-2-9-23(10-3-1)25-11-4-5-12-26(25)27-13-6-7-14-28(27)29-19-22-34-40-36(29)30-15-8-16-31-37(30)38-32(41-31)20-17-24-18-21-33(42-34)39(40)35(24)38;1-36(2)25-13-6-11-21-22-12-7-16-29-32(22)35-30(38-29)19-24(23-17-18-26(36)34(31(21)25)33(23)35)28-15-8-14-27(37-28)20-9-4-3-5-10-20/h3-24H,1-2H3;1-22H;3-19H,1-2H3. The number of furan rings is 2. The van der Waals surface area contributed by atoms with E-state index in [0.29, 0.717) is 0 Å². The van der Waals surface area contributed by atoms with Crippen molar-refractivity contribution in [1.29, 1.82) is 0 Å². The summed E-state index contributed by atoms with van der Waals surface area (Å²) in [4.78, 5) is 5.21. The third-order valence-corrected chi connectivity index (χ3v) is 30.3. The lowest BCUT2D eigenvalue weighted by Gasteiger charge is -2.24. The predicted octanol–water partition coefficient (Wildman–Crippen LogP) is 34.3. The summed E-state index contributed by atoms with van der Waals surface area (Å²) in [6, 6.07) is 135. The van der Waals surface area contributed by atoms with Gasteiger partial charge in [-0.2, -0.15) is 0 Å². The molecule has 0 amide bonds. The molecule has 0 spiro atoms. The number of nitrogens with zero attached hydrogens (tertiary/aromatic N) is 1. The summed E-state index contributed by atoms with van der Waals surface area (Å²) in [5.74, 6) is 0. The maximum atomic E-state index is 6.50. The first-order valence-electron chi connectivity index (χ1n) is 43.0. The largest absolute Gasteiger partial charge is 0.456 e. The highest BCUT2D eigenvalue weighted by Gasteiger charge is 2.43. The Kier molecular flexibility index (Phi) is 14.6. The van der Waals surface area contributed by atoms with E-state index in [1.54, 1.807) is 0 Å². The third-order valence-electron chi connectivity index (χ3n) is 28.1. The second-order valence-electron chi connectivity index (χ2n) is 35.1. The molecule has 0 unspecified atom stereocenters. The van der Waals surface area contributed by atoms with Crippen LogP contribution in [0.3, 0.4) is 0 Å². The van der Waals surface area contributed by atoms with Crippen LogP contribution >= 0.6 is 22.7 Å². The summed E-state index contributed by atoms with van der Waals surface area (Å²) in [7, 11) is 0. The van der Waals surface area contributed by atoms with Crippen LogP contribution in [0.2, 0.25) is 0 Å². The molecule has 0 N–H and O–H groups in total. The Balaban J connectivity index is 0.0000000975. The minimum absolute atomic E-state index is 0.0376. The van der Waals surface area contributed by atoms with Crippen LogP contribution < -0.4 is 0 Å². The van der Waals surface area contributed by atoms with E-state index in [0.717, 1.165) is 39.3 Å². The van der Waals surface area contributed by atoms with E-state index < -0.39 is 0 Å². The average molecular weight is 1610 g/mol. The second-order valence-corrected chi connectivity index (χ2v) is 37.3. The molecule has 5 heterocycles. The molecule has 19 aromatic carbocycles. The maximum Gasteiger partial charge on any atom is 0.136 e. The Morgan fingerprint density at radius 2 is 0.621 bits per heavy atom. The number of fused-ring (bicyclic) bond motifs is 3. The van der Waals surface area contributed by atoms with Crippen molar-refractivity contribution >= 4 is 139 Å². The fourth-order valence-corrected chi connectivity index (χ4v) is 24.9. The average Bonchev–Trinajstić information content (AvgIpc) is 1.53. The van der Waals surface area contributed by atoms with Crippen molar-refractivity contribution in [2.24, 2.45) is 0 Å². The Hall–Kier alpha value is -14.9.